The molecule has 0 spiro atoms. The predicted molar refractivity (Wildman–Crippen MR) is 49.0 cm³/mol. The highest BCUT2D eigenvalue weighted by molar-refractivity contribution is 6.31. The predicted octanol–water partition coefficient (Wildman–Crippen LogP) is 1.33. The van der Waals surface area contributed by atoms with E-state index in [0.717, 1.165) is 0 Å². The van der Waals surface area contributed by atoms with Crippen LogP contribution in [0.3, 0.4) is 0 Å². The van der Waals surface area contributed by atoms with Gasteiger partial charge in [-0.15, -0.1) is 0 Å². The first-order chi connectivity index (χ1) is 6.61. The third kappa shape index (κ3) is 2.02. The van der Waals surface area contributed by atoms with Gasteiger partial charge in [-0.3, -0.25) is 10.5 Å². The van der Waals surface area contributed by atoms with Crippen molar-refractivity contribution in [3.8, 4) is 0 Å². The highest BCUT2D eigenvalue weighted by atomic mass is 35.5. The van der Waals surface area contributed by atoms with Gasteiger partial charge in [-0.05, 0) is 6.92 Å². The van der Waals surface area contributed by atoms with E-state index in [1.807, 2.05) is 5.43 Å². The maximum atomic E-state index is 12.5. The van der Waals surface area contributed by atoms with Crippen LogP contribution in [-0.4, -0.2) is 16.2 Å². The van der Waals surface area contributed by atoms with Crippen LogP contribution in [0.4, 0.5) is 8.78 Å². The topological polar surface area (TPSA) is 55.9 Å². The average Bonchev–Trinajstić information content (AvgIpc) is 2.49. The number of aromatic nitrogens is 2. The lowest BCUT2D eigenvalue weighted by molar-refractivity contribution is 0.0945. The number of rotatable bonds is 4. The molecule has 0 fully saturated rings. The van der Waals surface area contributed by atoms with Gasteiger partial charge in [0.05, 0.1) is 16.9 Å². The molecule has 1 aromatic heterocycles. The molecule has 0 radical (unpaired) electrons. The SMILES string of the molecule is CCn1ncc(Cl)c1C(NN)C(F)F. The quantitative estimate of drug-likeness (QED) is 0.599. The zero-order valence-electron chi connectivity index (χ0n) is 7.54. The van der Waals surface area contributed by atoms with E-state index >= 15 is 0 Å². The molecule has 7 heteroatoms. The third-order valence-corrected chi connectivity index (χ3v) is 2.15. The number of nitrogens with two attached hydrogens (primary N) is 1. The van der Waals surface area contributed by atoms with Gasteiger partial charge in [-0.1, -0.05) is 11.6 Å². The number of nitrogens with zero attached hydrogens (tertiary/aromatic N) is 2. The Kier molecular flexibility index (Phi) is 3.79. The Labute approximate surface area is 85.0 Å². The second-order valence-corrected chi connectivity index (χ2v) is 3.08. The van der Waals surface area contributed by atoms with E-state index in [0.29, 0.717) is 6.54 Å². The highest BCUT2D eigenvalue weighted by Gasteiger charge is 2.27. The van der Waals surface area contributed by atoms with Gasteiger partial charge < -0.3 is 0 Å². The summed E-state index contributed by atoms with van der Waals surface area (Å²) in [6.07, 6.45) is -1.30. The van der Waals surface area contributed by atoms with Crippen LogP contribution in [0.15, 0.2) is 6.20 Å². The zero-order valence-corrected chi connectivity index (χ0v) is 8.30. The lowest BCUT2D eigenvalue weighted by Gasteiger charge is -2.16. The molecule has 1 aromatic rings. The van der Waals surface area contributed by atoms with Gasteiger partial charge in [0.15, 0.2) is 0 Å². The number of aryl methyl sites for hydroxylation is 1. The lowest BCUT2D eigenvalue weighted by Crippen LogP contribution is -2.34. The molecular weight excluding hydrogens is 214 g/mol. The molecule has 1 atom stereocenters. The molecule has 1 heterocycles. The molecule has 1 unspecified atom stereocenters. The van der Waals surface area contributed by atoms with Crippen molar-refractivity contribution in [1.82, 2.24) is 15.2 Å². The summed E-state index contributed by atoms with van der Waals surface area (Å²) in [6.45, 7) is 2.25. The standard InChI is InChI=1S/C7H11ClF2N4/c1-2-14-6(4(8)3-12-14)5(13-11)7(9)10/h3,5,7,13H,2,11H2,1H3. The van der Waals surface area contributed by atoms with Crippen molar-refractivity contribution < 1.29 is 8.78 Å². The number of alkyl halides is 2. The largest absolute Gasteiger partial charge is 0.271 e. The first-order valence-corrected chi connectivity index (χ1v) is 4.45. The Balaban J connectivity index is 3.07. The minimum atomic E-state index is -2.63. The van der Waals surface area contributed by atoms with E-state index in [1.54, 1.807) is 6.92 Å². The normalized spacial score (nSPS) is 13.6. The van der Waals surface area contributed by atoms with E-state index < -0.39 is 12.5 Å². The smallest absolute Gasteiger partial charge is 0.260 e. The average molecular weight is 225 g/mol. The fourth-order valence-electron chi connectivity index (χ4n) is 1.20. The summed E-state index contributed by atoms with van der Waals surface area (Å²) in [5, 5.41) is 4.03. The Morgan fingerprint density at radius 2 is 2.36 bits per heavy atom. The first-order valence-electron chi connectivity index (χ1n) is 4.07. The Morgan fingerprint density at radius 3 is 2.79 bits per heavy atom. The van der Waals surface area contributed by atoms with Crippen LogP contribution in [0.5, 0.6) is 0 Å². The summed E-state index contributed by atoms with van der Waals surface area (Å²) < 4.78 is 26.4. The lowest BCUT2D eigenvalue weighted by atomic mass is 10.2. The van der Waals surface area contributed by atoms with E-state index in [9.17, 15) is 8.78 Å². The van der Waals surface area contributed by atoms with Crippen molar-refractivity contribution in [2.75, 3.05) is 0 Å². The number of hydrogen-bond donors (Lipinski definition) is 2. The van der Waals surface area contributed by atoms with E-state index in [2.05, 4.69) is 5.10 Å². The Bertz CT molecular complexity index is 302. The van der Waals surface area contributed by atoms with Crippen molar-refractivity contribution in [2.24, 2.45) is 5.84 Å². The van der Waals surface area contributed by atoms with Crippen molar-refractivity contribution in [3.05, 3.63) is 16.9 Å². The second-order valence-electron chi connectivity index (χ2n) is 2.67. The molecule has 14 heavy (non-hydrogen) atoms. The molecule has 80 valence electrons. The minimum Gasteiger partial charge on any atom is -0.271 e. The van der Waals surface area contributed by atoms with Gasteiger partial charge in [0.25, 0.3) is 6.43 Å². The summed E-state index contributed by atoms with van der Waals surface area (Å²) in [4.78, 5) is 0. The van der Waals surface area contributed by atoms with Crippen LogP contribution in [0.1, 0.15) is 18.7 Å². The number of halogens is 3. The maximum Gasteiger partial charge on any atom is 0.260 e. The summed E-state index contributed by atoms with van der Waals surface area (Å²) in [6, 6.07) is -1.29. The van der Waals surface area contributed by atoms with Gasteiger partial charge in [-0.25, -0.2) is 14.2 Å². The van der Waals surface area contributed by atoms with Gasteiger partial charge in [0.1, 0.15) is 6.04 Å². The molecule has 3 N–H and O–H groups in total. The maximum absolute atomic E-state index is 12.5. The first kappa shape index (κ1) is 11.4. The molecule has 1 rings (SSSR count). The number of hydrogen-bond acceptors (Lipinski definition) is 3. The molecule has 4 nitrogen and oxygen atoms in total. The van der Waals surface area contributed by atoms with E-state index in [1.165, 1.54) is 10.9 Å². The second kappa shape index (κ2) is 4.68. The van der Waals surface area contributed by atoms with Crippen LogP contribution in [0, 0.1) is 0 Å². The molecule has 0 saturated heterocycles. The molecule has 0 aromatic carbocycles. The molecule has 0 aliphatic rings. The van der Waals surface area contributed by atoms with Crippen LogP contribution >= 0.6 is 11.6 Å². The van der Waals surface area contributed by atoms with Crippen molar-refractivity contribution in [3.63, 3.8) is 0 Å². The fourth-order valence-corrected chi connectivity index (χ4v) is 1.46. The Hall–Kier alpha value is -0.720. The van der Waals surface area contributed by atoms with Crippen LogP contribution < -0.4 is 11.3 Å². The Morgan fingerprint density at radius 1 is 1.71 bits per heavy atom. The monoisotopic (exact) mass is 224 g/mol. The molecular formula is C7H11ClF2N4. The van der Waals surface area contributed by atoms with Crippen molar-refractivity contribution in [2.45, 2.75) is 25.9 Å². The van der Waals surface area contributed by atoms with Gasteiger partial charge in [0.2, 0.25) is 0 Å². The summed E-state index contributed by atoms with van der Waals surface area (Å²) in [7, 11) is 0. The van der Waals surface area contributed by atoms with Gasteiger partial charge in [0, 0.05) is 6.54 Å². The zero-order chi connectivity index (χ0) is 10.7. The number of nitrogens with one attached hydrogen (secondary N) is 1. The molecule has 0 saturated carbocycles. The van der Waals surface area contributed by atoms with Crippen molar-refractivity contribution in [1.29, 1.82) is 0 Å². The molecule has 0 aliphatic carbocycles. The molecule has 0 amide bonds. The van der Waals surface area contributed by atoms with Crippen LogP contribution in [0.2, 0.25) is 5.02 Å². The van der Waals surface area contributed by atoms with E-state index in [4.69, 9.17) is 17.4 Å². The van der Waals surface area contributed by atoms with Crippen molar-refractivity contribution >= 4 is 11.6 Å². The number of hydrazine groups is 1. The van der Waals surface area contributed by atoms with E-state index in [-0.39, 0.29) is 10.7 Å². The van der Waals surface area contributed by atoms with Crippen LogP contribution in [0.25, 0.3) is 0 Å². The van der Waals surface area contributed by atoms with Gasteiger partial charge >= 0.3 is 0 Å². The fraction of sp³-hybridized carbons (Fsp3) is 0.571. The molecule has 0 bridgehead atoms. The molecule has 0 aliphatic heterocycles. The minimum absolute atomic E-state index is 0.190. The van der Waals surface area contributed by atoms with Gasteiger partial charge in [-0.2, -0.15) is 5.10 Å². The highest BCUT2D eigenvalue weighted by Crippen LogP contribution is 2.26. The summed E-state index contributed by atoms with van der Waals surface area (Å²) >= 11 is 5.73. The van der Waals surface area contributed by atoms with Crippen LogP contribution in [-0.2, 0) is 6.54 Å². The summed E-state index contributed by atoms with van der Waals surface area (Å²) in [5.74, 6) is 5.03. The summed E-state index contributed by atoms with van der Waals surface area (Å²) in [5.41, 5.74) is 2.24. The third-order valence-electron chi connectivity index (χ3n) is 1.86.